The van der Waals surface area contributed by atoms with E-state index in [2.05, 4.69) is 54.8 Å². The number of hydrogen-bond donors (Lipinski definition) is 3. The Morgan fingerprint density at radius 1 is 0.574 bits per heavy atom. The maximum Gasteiger partial charge on any atom is 0.472 e. The maximum absolute atomic E-state index is 12.6. The number of unbranched alkanes of at least 4 members (excludes halogenated alkanes) is 20. The fourth-order valence-electron chi connectivity index (χ4n) is 5.52. The number of esters is 2. The standard InChI is InChI=1S/C42H76NO10P/c1-3-5-7-9-11-13-15-17-19-21-23-25-27-29-31-33-40(44)50-35-38(36-51-54(48,49)52-37-39(43)42(46)47)53-41(45)34-32-30-28-26-24-22-20-18-16-14-12-10-8-6-4-2/h13,15,17,19,24,26,38-39H,3-12,14,16,18,20-23,25,27-37,43H2,1-2H3,(H,46,47)(H,48,49)/b15-13+,19-17+,26-24+/t38-,39+/m1/s1. The van der Waals surface area contributed by atoms with Gasteiger partial charge in [0.15, 0.2) is 6.10 Å². The van der Waals surface area contributed by atoms with Gasteiger partial charge in [0.2, 0.25) is 0 Å². The quantitative estimate of drug-likeness (QED) is 0.0178. The van der Waals surface area contributed by atoms with Crippen LogP contribution in [0.5, 0.6) is 0 Å². The Morgan fingerprint density at radius 2 is 0.981 bits per heavy atom. The lowest BCUT2D eigenvalue weighted by Crippen LogP contribution is -2.34. The first-order valence-electron chi connectivity index (χ1n) is 21.0. The second kappa shape index (κ2) is 37.6. The molecule has 0 amide bonds. The molecule has 0 rings (SSSR count). The first kappa shape index (κ1) is 51.7. The maximum atomic E-state index is 12.6. The number of carbonyl (C=O) groups excluding carboxylic acids is 2. The van der Waals surface area contributed by atoms with Crippen LogP contribution in [0.1, 0.15) is 181 Å². The van der Waals surface area contributed by atoms with Crippen LogP contribution in [0.25, 0.3) is 0 Å². The van der Waals surface area contributed by atoms with Crippen LogP contribution in [-0.4, -0.2) is 59.9 Å². The van der Waals surface area contributed by atoms with Gasteiger partial charge < -0.3 is 25.2 Å². The Morgan fingerprint density at radius 3 is 1.52 bits per heavy atom. The molecule has 11 nitrogen and oxygen atoms in total. The summed E-state index contributed by atoms with van der Waals surface area (Å²) in [5, 5.41) is 8.87. The summed E-state index contributed by atoms with van der Waals surface area (Å²) in [5.41, 5.74) is 5.32. The number of phosphoric acid groups is 1. The smallest absolute Gasteiger partial charge is 0.472 e. The van der Waals surface area contributed by atoms with Crippen molar-refractivity contribution < 1.29 is 47.5 Å². The Hall–Kier alpha value is -2.30. The van der Waals surface area contributed by atoms with Crippen LogP contribution >= 0.6 is 7.82 Å². The summed E-state index contributed by atoms with van der Waals surface area (Å²) in [4.78, 5) is 45.9. The third-order valence-electron chi connectivity index (χ3n) is 8.89. The third kappa shape index (κ3) is 36.7. The van der Waals surface area contributed by atoms with E-state index in [-0.39, 0.29) is 19.4 Å². The van der Waals surface area contributed by atoms with Crippen molar-refractivity contribution in [1.29, 1.82) is 0 Å². The van der Waals surface area contributed by atoms with Crippen molar-refractivity contribution in [3.05, 3.63) is 36.5 Å². The second-order valence-corrected chi connectivity index (χ2v) is 15.6. The lowest BCUT2D eigenvalue weighted by Gasteiger charge is -2.20. The molecular weight excluding hydrogens is 709 g/mol. The molecule has 0 fully saturated rings. The minimum Gasteiger partial charge on any atom is -0.480 e. The molecule has 0 aromatic rings. The Kier molecular flexibility index (Phi) is 36.0. The van der Waals surface area contributed by atoms with Crippen molar-refractivity contribution in [3.63, 3.8) is 0 Å². The number of ether oxygens (including phenoxy) is 2. The van der Waals surface area contributed by atoms with Crippen molar-refractivity contribution in [2.75, 3.05) is 19.8 Å². The third-order valence-corrected chi connectivity index (χ3v) is 9.84. The lowest BCUT2D eigenvalue weighted by atomic mass is 10.1. The van der Waals surface area contributed by atoms with E-state index in [0.29, 0.717) is 12.8 Å². The van der Waals surface area contributed by atoms with E-state index in [1.54, 1.807) is 0 Å². The molecule has 0 aliphatic carbocycles. The van der Waals surface area contributed by atoms with E-state index < -0.39 is 51.1 Å². The van der Waals surface area contributed by atoms with Gasteiger partial charge >= 0.3 is 25.7 Å². The van der Waals surface area contributed by atoms with E-state index in [0.717, 1.165) is 57.8 Å². The van der Waals surface area contributed by atoms with Gasteiger partial charge in [0.25, 0.3) is 0 Å². The zero-order valence-corrected chi connectivity index (χ0v) is 34.7. The number of hydrogen-bond acceptors (Lipinski definition) is 9. The van der Waals surface area contributed by atoms with Crippen LogP contribution in [0.4, 0.5) is 0 Å². The highest BCUT2D eigenvalue weighted by Crippen LogP contribution is 2.43. The number of carboxylic acids is 1. The molecule has 314 valence electrons. The van der Waals surface area contributed by atoms with Gasteiger partial charge in [-0.2, -0.15) is 0 Å². The zero-order valence-electron chi connectivity index (χ0n) is 33.8. The molecule has 54 heavy (non-hydrogen) atoms. The van der Waals surface area contributed by atoms with Crippen LogP contribution in [0, 0.1) is 0 Å². The molecule has 0 saturated carbocycles. The second-order valence-electron chi connectivity index (χ2n) is 14.1. The minimum atomic E-state index is -4.72. The molecule has 0 radical (unpaired) electrons. The minimum absolute atomic E-state index is 0.128. The zero-order chi connectivity index (χ0) is 40.0. The fraction of sp³-hybridized carbons (Fsp3) is 0.786. The van der Waals surface area contributed by atoms with E-state index in [9.17, 15) is 23.8 Å². The van der Waals surface area contributed by atoms with E-state index in [1.807, 2.05) is 0 Å². The summed E-state index contributed by atoms with van der Waals surface area (Å²) in [5.74, 6) is -2.43. The van der Waals surface area contributed by atoms with Gasteiger partial charge in [-0.25, -0.2) is 4.57 Å². The van der Waals surface area contributed by atoms with Crippen molar-refractivity contribution in [2.45, 2.75) is 193 Å². The van der Waals surface area contributed by atoms with Crippen molar-refractivity contribution >= 4 is 25.7 Å². The largest absolute Gasteiger partial charge is 0.480 e. The summed E-state index contributed by atoms with van der Waals surface area (Å²) in [6.45, 7) is 2.74. The average Bonchev–Trinajstić information content (AvgIpc) is 3.14. The number of aliphatic carboxylic acids is 1. The molecule has 3 atom stereocenters. The van der Waals surface area contributed by atoms with Gasteiger partial charge in [-0.1, -0.05) is 140 Å². The van der Waals surface area contributed by atoms with Gasteiger partial charge in [0.1, 0.15) is 12.6 Å². The monoisotopic (exact) mass is 786 g/mol. The summed E-state index contributed by atoms with van der Waals surface area (Å²) in [7, 11) is -4.72. The summed E-state index contributed by atoms with van der Waals surface area (Å²) >= 11 is 0. The lowest BCUT2D eigenvalue weighted by molar-refractivity contribution is -0.161. The predicted molar refractivity (Wildman–Crippen MR) is 217 cm³/mol. The van der Waals surface area contributed by atoms with Crippen LogP contribution < -0.4 is 5.73 Å². The molecule has 4 N–H and O–H groups in total. The number of phosphoric ester groups is 1. The highest BCUT2D eigenvalue weighted by molar-refractivity contribution is 7.47. The molecule has 0 aromatic carbocycles. The Balaban J connectivity index is 4.44. The molecular formula is C42H76NO10P. The molecule has 0 aliphatic heterocycles. The van der Waals surface area contributed by atoms with Gasteiger partial charge in [-0.05, 0) is 64.2 Å². The highest BCUT2D eigenvalue weighted by atomic mass is 31.2. The van der Waals surface area contributed by atoms with Crippen LogP contribution in [-0.2, 0) is 37.5 Å². The van der Waals surface area contributed by atoms with Gasteiger partial charge in [-0.15, -0.1) is 0 Å². The summed E-state index contributed by atoms with van der Waals surface area (Å²) < 4.78 is 32.6. The predicted octanol–water partition coefficient (Wildman–Crippen LogP) is 10.8. The van der Waals surface area contributed by atoms with Gasteiger partial charge in [0, 0.05) is 12.8 Å². The molecule has 12 heteroatoms. The molecule has 0 bridgehead atoms. The molecule has 0 heterocycles. The Bertz CT molecular complexity index is 1060. The van der Waals surface area contributed by atoms with Crippen LogP contribution in [0.2, 0.25) is 0 Å². The number of allylic oxidation sites excluding steroid dienone is 6. The molecule has 0 saturated heterocycles. The van der Waals surface area contributed by atoms with Gasteiger partial charge in [-0.3, -0.25) is 23.4 Å². The van der Waals surface area contributed by atoms with E-state index >= 15 is 0 Å². The number of nitrogens with two attached hydrogens (primary N) is 1. The highest BCUT2D eigenvalue weighted by Gasteiger charge is 2.28. The van der Waals surface area contributed by atoms with Crippen molar-refractivity contribution in [3.8, 4) is 0 Å². The fourth-order valence-corrected chi connectivity index (χ4v) is 6.30. The number of carbonyl (C=O) groups is 3. The van der Waals surface area contributed by atoms with Crippen LogP contribution in [0.15, 0.2) is 36.5 Å². The Labute approximate surface area is 327 Å². The topological polar surface area (TPSA) is 172 Å². The van der Waals surface area contributed by atoms with Crippen molar-refractivity contribution in [2.24, 2.45) is 5.73 Å². The summed E-state index contributed by atoms with van der Waals surface area (Å²) in [6, 6.07) is -1.53. The molecule has 0 spiro atoms. The van der Waals surface area contributed by atoms with E-state index in [4.69, 9.17) is 24.8 Å². The average molecular weight is 786 g/mol. The first-order valence-corrected chi connectivity index (χ1v) is 22.5. The number of carboxylic acid groups (broad SMARTS) is 1. The summed E-state index contributed by atoms with van der Waals surface area (Å²) in [6.07, 6.45) is 39.2. The van der Waals surface area contributed by atoms with E-state index in [1.165, 1.54) is 83.5 Å². The first-order chi connectivity index (χ1) is 26.1. The number of rotatable bonds is 39. The molecule has 0 aromatic heterocycles. The molecule has 0 aliphatic rings. The van der Waals surface area contributed by atoms with Gasteiger partial charge in [0.05, 0.1) is 13.2 Å². The van der Waals surface area contributed by atoms with Crippen molar-refractivity contribution in [1.82, 2.24) is 0 Å². The van der Waals surface area contributed by atoms with Crippen LogP contribution in [0.3, 0.4) is 0 Å². The normalized spacial score (nSPS) is 14.1. The SMILES string of the molecule is CCCCCC/C=C/C=C/CCCCCCCC(=O)OC[C@H](COP(=O)(O)OC[C@H](N)C(=O)O)OC(=O)CCCC/C=C/CCCCCCCCCCC. The molecule has 1 unspecified atom stereocenters.